The standard InChI is InChI=1S/C18H22N8/c1-12-22-17-14(10-21-24(17)2)18(23-12)26-7-5-25(6-8-26)16-9-15(13-3-4-13)19-11-20-16/h9-11,13H,3-8H2,1-2H3. The van der Waals surface area contributed by atoms with Crippen molar-refractivity contribution < 1.29 is 0 Å². The Morgan fingerprint density at radius 3 is 2.54 bits per heavy atom. The highest BCUT2D eigenvalue weighted by Crippen LogP contribution is 2.39. The Morgan fingerprint density at radius 2 is 1.77 bits per heavy atom. The summed E-state index contributed by atoms with van der Waals surface area (Å²) < 4.78 is 1.81. The molecule has 0 unspecified atom stereocenters. The van der Waals surface area contributed by atoms with E-state index in [0.717, 1.165) is 54.7 Å². The zero-order valence-corrected chi connectivity index (χ0v) is 15.1. The topological polar surface area (TPSA) is 75.9 Å². The molecule has 3 aromatic rings. The van der Waals surface area contributed by atoms with E-state index < -0.39 is 0 Å². The Kier molecular flexibility index (Phi) is 3.51. The van der Waals surface area contributed by atoms with Crippen molar-refractivity contribution in [2.75, 3.05) is 36.0 Å². The van der Waals surface area contributed by atoms with Gasteiger partial charge in [-0.1, -0.05) is 0 Å². The van der Waals surface area contributed by atoms with Gasteiger partial charge in [0, 0.05) is 50.9 Å². The number of aromatic nitrogens is 6. The van der Waals surface area contributed by atoms with E-state index in [1.807, 2.05) is 24.9 Å². The van der Waals surface area contributed by atoms with Crippen LogP contribution in [0, 0.1) is 6.92 Å². The van der Waals surface area contributed by atoms with E-state index in [4.69, 9.17) is 4.98 Å². The summed E-state index contributed by atoms with van der Waals surface area (Å²) in [5.74, 6) is 3.47. The quantitative estimate of drug-likeness (QED) is 0.711. The molecule has 8 heteroatoms. The predicted octanol–water partition coefficient (Wildman–Crippen LogP) is 1.67. The van der Waals surface area contributed by atoms with Crippen molar-refractivity contribution >= 4 is 22.7 Å². The first-order valence-electron chi connectivity index (χ1n) is 9.17. The lowest BCUT2D eigenvalue weighted by Crippen LogP contribution is -2.47. The van der Waals surface area contributed by atoms with Gasteiger partial charge in [-0.2, -0.15) is 5.10 Å². The molecule has 134 valence electrons. The maximum absolute atomic E-state index is 4.70. The SMILES string of the molecule is Cc1nc(N2CCN(c3cc(C4CC4)ncn3)CC2)c2cnn(C)c2n1. The summed E-state index contributed by atoms with van der Waals surface area (Å²) in [6.07, 6.45) is 6.10. The normalized spacial score (nSPS) is 17.9. The van der Waals surface area contributed by atoms with Gasteiger partial charge in [0.1, 0.15) is 23.8 Å². The Hall–Kier alpha value is -2.77. The van der Waals surface area contributed by atoms with Crippen LogP contribution in [0.25, 0.3) is 11.0 Å². The molecule has 0 bridgehead atoms. The van der Waals surface area contributed by atoms with Crippen LogP contribution in [-0.4, -0.2) is 55.9 Å². The van der Waals surface area contributed by atoms with Crippen LogP contribution in [0.4, 0.5) is 11.6 Å². The van der Waals surface area contributed by atoms with Crippen molar-refractivity contribution in [3.63, 3.8) is 0 Å². The van der Waals surface area contributed by atoms with Crippen LogP contribution in [0.3, 0.4) is 0 Å². The van der Waals surface area contributed by atoms with Gasteiger partial charge < -0.3 is 9.80 Å². The second kappa shape index (κ2) is 5.89. The number of rotatable bonds is 3. The molecule has 4 heterocycles. The zero-order valence-electron chi connectivity index (χ0n) is 15.1. The molecule has 2 aliphatic rings. The van der Waals surface area contributed by atoms with Crippen LogP contribution in [0.5, 0.6) is 0 Å². The molecule has 5 rings (SSSR count). The third-order valence-electron chi connectivity index (χ3n) is 5.26. The molecule has 0 aromatic carbocycles. The lowest BCUT2D eigenvalue weighted by Gasteiger charge is -2.36. The summed E-state index contributed by atoms with van der Waals surface area (Å²) >= 11 is 0. The van der Waals surface area contributed by atoms with Crippen molar-refractivity contribution in [3.05, 3.63) is 30.1 Å². The van der Waals surface area contributed by atoms with E-state index in [2.05, 4.69) is 35.9 Å². The summed E-state index contributed by atoms with van der Waals surface area (Å²) in [5.41, 5.74) is 2.08. The van der Waals surface area contributed by atoms with Crippen LogP contribution in [0.15, 0.2) is 18.6 Å². The van der Waals surface area contributed by atoms with Crippen molar-refractivity contribution in [2.45, 2.75) is 25.7 Å². The predicted molar refractivity (Wildman–Crippen MR) is 99.5 cm³/mol. The minimum absolute atomic E-state index is 0.654. The second-order valence-corrected chi connectivity index (χ2v) is 7.15. The molecular formula is C18H22N8. The maximum Gasteiger partial charge on any atom is 0.163 e. The lowest BCUT2D eigenvalue weighted by atomic mass is 10.2. The number of aryl methyl sites for hydroxylation is 2. The summed E-state index contributed by atoms with van der Waals surface area (Å²) in [6, 6.07) is 2.17. The van der Waals surface area contributed by atoms with Gasteiger partial charge in [0.2, 0.25) is 0 Å². The van der Waals surface area contributed by atoms with Gasteiger partial charge >= 0.3 is 0 Å². The number of anilines is 2. The van der Waals surface area contributed by atoms with Crippen LogP contribution >= 0.6 is 0 Å². The molecule has 1 saturated heterocycles. The Labute approximate surface area is 151 Å². The summed E-state index contributed by atoms with van der Waals surface area (Å²) in [5, 5.41) is 5.37. The Balaban J connectivity index is 1.37. The zero-order chi connectivity index (χ0) is 17.7. The Bertz CT molecular complexity index is 953. The van der Waals surface area contributed by atoms with Gasteiger partial charge in [-0.25, -0.2) is 19.9 Å². The minimum atomic E-state index is 0.654. The first-order chi connectivity index (χ1) is 12.7. The second-order valence-electron chi connectivity index (χ2n) is 7.15. The third-order valence-corrected chi connectivity index (χ3v) is 5.26. The third kappa shape index (κ3) is 2.65. The molecule has 8 nitrogen and oxygen atoms in total. The van der Waals surface area contributed by atoms with Crippen molar-refractivity contribution in [1.82, 2.24) is 29.7 Å². The monoisotopic (exact) mass is 350 g/mol. The van der Waals surface area contributed by atoms with Gasteiger partial charge in [-0.15, -0.1) is 0 Å². The Morgan fingerprint density at radius 1 is 1.00 bits per heavy atom. The van der Waals surface area contributed by atoms with Gasteiger partial charge in [0.25, 0.3) is 0 Å². The highest BCUT2D eigenvalue weighted by molar-refractivity contribution is 5.87. The first-order valence-corrected chi connectivity index (χ1v) is 9.17. The van der Waals surface area contributed by atoms with E-state index in [0.29, 0.717) is 5.92 Å². The highest BCUT2D eigenvalue weighted by Gasteiger charge is 2.27. The molecule has 3 aromatic heterocycles. The van der Waals surface area contributed by atoms with E-state index >= 15 is 0 Å². The lowest BCUT2D eigenvalue weighted by molar-refractivity contribution is 0.640. The molecule has 2 fully saturated rings. The van der Waals surface area contributed by atoms with Gasteiger partial charge in [0.05, 0.1) is 11.6 Å². The number of piperazine rings is 1. The van der Waals surface area contributed by atoms with E-state index in [-0.39, 0.29) is 0 Å². The molecule has 0 spiro atoms. The molecule has 1 aliphatic carbocycles. The maximum atomic E-state index is 4.70. The van der Waals surface area contributed by atoms with Crippen LogP contribution in [0.2, 0.25) is 0 Å². The molecule has 0 N–H and O–H groups in total. The minimum Gasteiger partial charge on any atom is -0.353 e. The smallest absolute Gasteiger partial charge is 0.163 e. The summed E-state index contributed by atoms with van der Waals surface area (Å²) in [6.45, 7) is 5.59. The molecule has 0 amide bonds. The van der Waals surface area contributed by atoms with Gasteiger partial charge in [-0.05, 0) is 19.8 Å². The molecule has 1 saturated carbocycles. The van der Waals surface area contributed by atoms with Crippen molar-refractivity contribution in [1.29, 1.82) is 0 Å². The summed E-state index contributed by atoms with van der Waals surface area (Å²) in [4.78, 5) is 22.8. The molecule has 1 aliphatic heterocycles. The van der Waals surface area contributed by atoms with Crippen molar-refractivity contribution in [2.24, 2.45) is 7.05 Å². The summed E-state index contributed by atoms with van der Waals surface area (Å²) in [7, 11) is 1.92. The number of hydrogen-bond donors (Lipinski definition) is 0. The van der Waals surface area contributed by atoms with E-state index in [1.165, 1.54) is 18.5 Å². The molecular weight excluding hydrogens is 328 g/mol. The molecule has 0 radical (unpaired) electrons. The van der Waals surface area contributed by atoms with Crippen LogP contribution < -0.4 is 9.80 Å². The van der Waals surface area contributed by atoms with Gasteiger partial charge in [-0.3, -0.25) is 4.68 Å². The molecule has 0 atom stereocenters. The number of hydrogen-bond acceptors (Lipinski definition) is 7. The fraction of sp³-hybridized carbons (Fsp3) is 0.500. The van der Waals surface area contributed by atoms with Crippen LogP contribution in [0.1, 0.15) is 30.3 Å². The average Bonchev–Trinajstić information content (AvgIpc) is 3.46. The largest absolute Gasteiger partial charge is 0.353 e. The fourth-order valence-corrected chi connectivity index (χ4v) is 3.64. The number of nitrogens with zero attached hydrogens (tertiary/aromatic N) is 8. The van der Waals surface area contributed by atoms with Gasteiger partial charge in [0.15, 0.2) is 5.65 Å². The van der Waals surface area contributed by atoms with E-state index in [9.17, 15) is 0 Å². The average molecular weight is 350 g/mol. The van der Waals surface area contributed by atoms with E-state index in [1.54, 1.807) is 6.33 Å². The van der Waals surface area contributed by atoms with Crippen molar-refractivity contribution in [3.8, 4) is 0 Å². The highest BCUT2D eigenvalue weighted by atomic mass is 15.3. The number of fused-ring (bicyclic) bond motifs is 1. The first kappa shape index (κ1) is 15.5. The van der Waals surface area contributed by atoms with Crippen LogP contribution in [-0.2, 0) is 7.05 Å². The molecule has 26 heavy (non-hydrogen) atoms. The fourth-order valence-electron chi connectivity index (χ4n) is 3.64.